The molecule has 0 fully saturated rings. The molecule has 0 rings (SSSR count). The first kappa shape index (κ1) is 77.6. The molecule has 0 aromatic rings. The first-order valence-electron chi connectivity index (χ1n) is 35.1. The Bertz CT molecular complexity index is 1530. The predicted octanol–water partition coefficient (Wildman–Crippen LogP) is 24.2. The van der Waals surface area contributed by atoms with Crippen molar-refractivity contribution in [2.45, 2.75) is 361 Å². The van der Waals surface area contributed by atoms with Crippen LogP contribution in [0.2, 0.25) is 0 Å². The monoisotopic (exact) mass is 1130 g/mol. The zero-order chi connectivity index (χ0) is 58.5. The van der Waals surface area contributed by atoms with Crippen LogP contribution in [0.3, 0.4) is 0 Å². The highest BCUT2D eigenvalue weighted by molar-refractivity contribution is 5.71. The minimum atomic E-state index is -0.778. The van der Waals surface area contributed by atoms with Gasteiger partial charge in [0.25, 0.3) is 0 Å². The zero-order valence-electron chi connectivity index (χ0n) is 53.8. The summed E-state index contributed by atoms with van der Waals surface area (Å²) in [4.78, 5) is 38.4. The molecule has 0 N–H and O–H groups in total. The van der Waals surface area contributed by atoms with Crippen molar-refractivity contribution in [1.29, 1.82) is 0 Å². The smallest absolute Gasteiger partial charge is 0.306 e. The van der Waals surface area contributed by atoms with E-state index < -0.39 is 6.10 Å². The van der Waals surface area contributed by atoms with Crippen molar-refractivity contribution in [1.82, 2.24) is 0 Å². The Morgan fingerprint density at radius 2 is 0.481 bits per heavy atom. The molecule has 0 aliphatic rings. The highest BCUT2D eigenvalue weighted by atomic mass is 16.6. The van der Waals surface area contributed by atoms with Gasteiger partial charge in [0, 0.05) is 19.3 Å². The van der Waals surface area contributed by atoms with E-state index >= 15 is 0 Å². The maximum absolute atomic E-state index is 13.0. The lowest BCUT2D eigenvalue weighted by Crippen LogP contribution is -2.30. The quantitative estimate of drug-likeness (QED) is 0.0261. The first-order valence-corrected chi connectivity index (χ1v) is 35.1. The van der Waals surface area contributed by atoms with Gasteiger partial charge in [-0.05, 0) is 96.3 Å². The Labute approximate surface area is 503 Å². The van der Waals surface area contributed by atoms with Crippen molar-refractivity contribution in [2.75, 3.05) is 13.2 Å². The van der Waals surface area contributed by atoms with E-state index in [2.05, 4.69) is 106 Å². The van der Waals surface area contributed by atoms with Crippen LogP contribution < -0.4 is 0 Å². The van der Waals surface area contributed by atoms with E-state index in [-0.39, 0.29) is 31.1 Å². The molecular weight excluding hydrogens is 997 g/mol. The molecule has 0 spiro atoms. The van der Waals surface area contributed by atoms with Gasteiger partial charge in [0.2, 0.25) is 0 Å². The molecule has 0 amide bonds. The van der Waals surface area contributed by atoms with Gasteiger partial charge in [-0.1, -0.05) is 324 Å². The van der Waals surface area contributed by atoms with E-state index in [0.717, 1.165) is 96.3 Å². The molecule has 0 saturated carbocycles. The number of hydrogen-bond acceptors (Lipinski definition) is 6. The third kappa shape index (κ3) is 67.3. The molecule has 6 nitrogen and oxygen atoms in total. The van der Waals surface area contributed by atoms with Crippen LogP contribution in [0.1, 0.15) is 355 Å². The van der Waals surface area contributed by atoms with Gasteiger partial charge in [0.1, 0.15) is 13.2 Å². The average Bonchev–Trinajstić information content (AvgIpc) is 3.46. The molecular formula is C75H132O6. The second-order valence-corrected chi connectivity index (χ2v) is 23.4. The number of allylic oxidation sites excluding steroid dienone is 14. The number of hydrogen-bond donors (Lipinski definition) is 0. The number of carbonyl (C=O) groups excluding carboxylic acids is 3. The van der Waals surface area contributed by atoms with Crippen molar-refractivity contribution >= 4 is 17.9 Å². The summed E-state index contributed by atoms with van der Waals surface area (Å²) in [5, 5.41) is 0. The summed E-state index contributed by atoms with van der Waals surface area (Å²) in [5.41, 5.74) is 0. The minimum Gasteiger partial charge on any atom is -0.462 e. The van der Waals surface area contributed by atoms with Gasteiger partial charge in [-0.2, -0.15) is 0 Å². The summed E-state index contributed by atoms with van der Waals surface area (Å²) in [7, 11) is 0. The van der Waals surface area contributed by atoms with Gasteiger partial charge in [-0.3, -0.25) is 14.4 Å². The van der Waals surface area contributed by atoms with E-state index in [1.54, 1.807) is 0 Å². The second-order valence-electron chi connectivity index (χ2n) is 23.4. The lowest BCUT2D eigenvalue weighted by atomic mass is 10.0. The largest absolute Gasteiger partial charge is 0.462 e. The van der Waals surface area contributed by atoms with Crippen LogP contribution in [0.25, 0.3) is 0 Å². The normalized spacial score (nSPS) is 12.6. The van der Waals surface area contributed by atoms with E-state index in [1.165, 1.54) is 218 Å². The topological polar surface area (TPSA) is 78.9 Å². The molecule has 0 saturated heterocycles. The Hall–Kier alpha value is -3.41. The van der Waals surface area contributed by atoms with Crippen LogP contribution in [0.15, 0.2) is 85.1 Å². The molecule has 1 unspecified atom stereocenters. The lowest BCUT2D eigenvalue weighted by Gasteiger charge is -2.18. The standard InChI is InChI=1S/C75H132O6/c1-4-7-10-13-16-19-22-25-27-29-31-33-35-36-37-38-40-41-43-45-47-50-53-56-59-62-65-68-74(77)80-71-72(70-79-73(76)67-64-61-58-55-52-49-24-21-18-15-12-9-6-3)81-75(78)69-66-63-60-57-54-51-48-46-44-42-39-34-32-30-28-26-23-20-17-14-11-8-5-2/h7,10,16,19,23,25-27,30-33,36-37,72H,4-6,8-9,11-15,17-18,20-22,24,28-29,34-35,38-71H2,1-3H3/b10-7-,19-16-,26-23-,27-25-,32-30-,33-31-,37-36-. The van der Waals surface area contributed by atoms with Gasteiger partial charge >= 0.3 is 17.9 Å². The van der Waals surface area contributed by atoms with E-state index in [4.69, 9.17) is 14.2 Å². The van der Waals surface area contributed by atoms with Crippen LogP contribution in [0.4, 0.5) is 0 Å². The fraction of sp³-hybridized carbons (Fsp3) is 0.773. The Morgan fingerprint density at radius 1 is 0.259 bits per heavy atom. The van der Waals surface area contributed by atoms with Crippen LogP contribution in [-0.2, 0) is 28.6 Å². The van der Waals surface area contributed by atoms with Crippen molar-refractivity contribution < 1.29 is 28.6 Å². The fourth-order valence-electron chi connectivity index (χ4n) is 10.2. The van der Waals surface area contributed by atoms with Crippen molar-refractivity contribution in [3.05, 3.63) is 85.1 Å². The van der Waals surface area contributed by atoms with Gasteiger partial charge in [-0.15, -0.1) is 0 Å². The van der Waals surface area contributed by atoms with Crippen molar-refractivity contribution in [3.8, 4) is 0 Å². The summed E-state index contributed by atoms with van der Waals surface area (Å²) >= 11 is 0. The molecule has 0 aliphatic carbocycles. The van der Waals surface area contributed by atoms with Gasteiger partial charge < -0.3 is 14.2 Å². The maximum Gasteiger partial charge on any atom is 0.306 e. The molecule has 81 heavy (non-hydrogen) atoms. The Kier molecular flexibility index (Phi) is 66.2. The summed E-state index contributed by atoms with van der Waals surface area (Å²) in [6, 6.07) is 0. The second kappa shape index (κ2) is 69.1. The maximum atomic E-state index is 13.0. The minimum absolute atomic E-state index is 0.0737. The fourth-order valence-corrected chi connectivity index (χ4v) is 10.2. The summed E-state index contributed by atoms with van der Waals surface area (Å²) in [6.45, 7) is 6.56. The average molecular weight is 1130 g/mol. The Balaban J connectivity index is 4.28. The summed E-state index contributed by atoms with van der Waals surface area (Å²) in [6.07, 6.45) is 91.7. The van der Waals surface area contributed by atoms with Crippen molar-refractivity contribution in [2.24, 2.45) is 0 Å². The third-order valence-electron chi connectivity index (χ3n) is 15.4. The zero-order valence-corrected chi connectivity index (χ0v) is 53.8. The molecule has 468 valence electrons. The number of rotatable bonds is 64. The molecule has 6 heteroatoms. The van der Waals surface area contributed by atoms with E-state index in [1.807, 2.05) is 0 Å². The van der Waals surface area contributed by atoms with E-state index in [9.17, 15) is 14.4 Å². The van der Waals surface area contributed by atoms with Crippen LogP contribution in [0, 0.1) is 0 Å². The van der Waals surface area contributed by atoms with Crippen LogP contribution in [-0.4, -0.2) is 37.2 Å². The molecule has 0 bridgehead atoms. The SMILES string of the molecule is CC/C=C\C/C=C\C/C=C\C/C=C\C/C=C\CCCCCCCCCCCCCC(=O)OCC(COC(=O)CCCCCCCCCCCCCCC)OC(=O)CCCCCCCCCCCCC/C=C\C/C=C\CCCCCCC. The number of carbonyl (C=O) groups is 3. The first-order chi connectivity index (χ1) is 40.0. The number of ether oxygens (including phenoxy) is 3. The van der Waals surface area contributed by atoms with Gasteiger partial charge in [-0.25, -0.2) is 0 Å². The molecule has 0 aromatic heterocycles. The summed E-state index contributed by atoms with van der Waals surface area (Å²) in [5.74, 6) is -0.860. The molecule has 0 heterocycles. The van der Waals surface area contributed by atoms with Crippen LogP contribution in [0.5, 0.6) is 0 Å². The van der Waals surface area contributed by atoms with Crippen molar-refractivity contribution in [3.63, 3.8) is 0 Å². The number of unbranched alkanes of at least 4 members (excludes halogenated alkanes) is 39. The number of esters is 3. The van der Waals surface area contributed by atoms with Gasteiger partial charge in [0.15, 0.2) is 6.10 Å². The van der Waals surface area contributed by atoms with Crippen LogP contribution >= 0.6 is 0 Å². The highest BCUT2D eigenvalue weighted by Crippen LogP contribution is 2.17. The lowest BCUT2D eigenvalue weighted by molar-refractivity contribution is -0.167. The summed E-state index contributed by atoms with van der Waals surface area (Å²) < 4.78 is 17.0. The molecule has 0 aromatic carbocycles. The molecule has 1 atom stereocenters. The Morgan fingerprint density at radius 3 is 0.753 bits per heavy atom. The van der Waals surface area contributed by atoms with Gasteiger partial charge in [0.05, 0.1) is 0 Å². The third-order valence-corrected chi connectivity index (χ3v) is 15.4. The molecule has 0 radical (unpaired) electrons. The predicted molar refractivity (Wildman–Crippen MR) is 353 cm³/mol. The van der Waals surface area contributed by atoms with E-state index in [0.29, 0.717) is 19.3 Å². The highest BCUT2D eigenvalue weighted by Gasteiger charge is 2.19. The molecule has 0 aliphatic heterocycles.